The third-order valence-electron chi connectivity index (χ3n) is 3.72. The van der Waals surface area contributed by atoms with Crippen LogP contribution < -0.4 is 5.32 Å². The fourth-order valence-corrected chi connectivity index (χ4v) is 3.24. The molecule has 6 heteroatoms. The SMILES string of the molecule is C[C@H](NC(=O)CN1CCc2ccccc2C1=O)c1nccs1. The van der Waals surface area contributed by atoms with Gasteiger partial charge in [-0.1, -0.05) is 18.2 Å². The van der Waals surface area contributed by atoms with Gasteiger partial charge in [0.2, 0.25) is 5.91 Å². The largest absolute Gasteiger partial charge is 0.346 e. The van der Waals surface area contributed by atoms with Gasteiger partial charge in [0.1, 0.15) is 5.01 Å². The van der Waals surface area contributed by atoms with Crippen LogP contribution in [0.2, 0.25) is 0 Å². The van der Waals surface area contributed by atoms with Gasteiger partial charge in [0.25, 0.3) is 5.91 Å². The third kappa shape index (κ3) is 3.01. The van der Waals surface area contributed by atoms with Gasteiger partial charge in [-0.05, 0) is 25.0 Å². The standard InChI is InChI=1S/C16H17N3O2S/c1-11(15-17-7-9-22-15)18-14(20)10-19-8-6-12-4-2-3-5-13(12)16(19)21/h2-5,7,9,11H,6,8,10H2,1H3,(H,18,20)/t11-/m0/s1. The van der Waals surface area contributed by atoms with Gasteiger partial charge in [-0.15, -0.1) is 11.3 Å². The lowest BCUT2D eigenvalue weighted by Gasteiger charge is -2.28. The molecule has 1 N–H and O–H groups in total. The lowest BCUT2D eigenvalue weighted by atomic mass is 9.99. The number of amides is 2. The van der Waals surface area contributed by atoms with Crippen molar-refractivity contribution in [3.8, 4) is 0 Å². The van der Waals surface area contributed by atoms with Crippen LogP contribution >= 0.6 is 11.3 Å². The molecular formula is C16H17N3O2S. The Morgan fingerprint density at radius 2 is 2.27 bits per heavy atom. The molecule has 1 aromatic heterocycles. The van der Waals surface area contributed by atoms with Gasteiger partial charge in [-0.2, -0.15) is 0 Å². The Labute approximate surface area is 133 Å². The Morgan fingerprint density at radius 1 is 1.45 bits per heavy atom. The first kappa shape index (κ1) is 14.7. The van der Waals surface area contributed by atoms with Gasteiger partial charge >= 0.3 is 0 Å². The maximum atomic E-state index is 12.4. The summed E-state index contributed by atoms with van der Waals surface area (Å²) in [5.41, 5.74) is 1.76. The molecule has 0 saturated carbocycles. The molecule has 0 fully saturated rings. The first-order valence-electron chi connectivity index (χ1n) is 7.21. The number of benzene rings is 1. The summed E-state index contributed by atoms with van der Waals surface area (Å²) in [5.74, 6) is -0.227. The minimum absolute atomic E-state index is 0.0705. The van der Waals surface area contributed by atoms with Crippen LogP contribution in [0.15, 0.2) is 35.8 Å². The molecule has 0 radical (unpaired) electrons. The molecule has 5 nitrogen and oxygen atoms in total. The van der Waals surface area contributed by atoms with E-state index in [1.165, 1.54) is 11.3 Å². The van der Waals surface area contributed by atoms with Crippen LogP contribution in [0, 0.1) is 0 Å². The maximum Gasteiger partial charge on any atom is 0.254 e. The molecular weight excluding hydrogens is 298 g/mol. The highest BCUT2D eigenvalue weighted by Crippen LogP contribution is 2.19. The van der Waals surface area contributed by atoms with E-state index in [1.807, 2.05) is 36.6 Å². The van der Waals surface area contributed by atoms with Crippen molar-refractivity contribution in [2.24, 2.45) is 0 Å². The molecule has 2 amide bonds. The van der Waals surface area contributed by atoms with Crippen molar-refractivity contribution >= 4 is 23.2 Å². The molecule has 22 heavy (non-hydrogen) atoms. The lowest BCUT2D eigenvalue weighted by Crippen LogP contribution is -2.44. The Bertz CT molecular complexity index is 684. The predicted octanol–water partition coefficient (Wildman–Crippen LogP) is 2.02. The second kappa shape index (κ2) is 6.27. The zero-order chi connectivity index (χ0) is 15.5. The van der Waals surface area contributed by atoms with Crippen LogP contribution in [0.3, 0.4) is 0 Å². The highest BCUT2D eigenvalue weighted by atomic mass is 32.1. The molecule has 0 aliphatic carbocycles. The fourth-order valence-electron chi connectivity index (χ4n) is 2.60. The summed E-state index contributed by atoms with van der Waals surface area (Å²) in [4.78, 5) is 30.3. The summed E-state index contributed by atoms with van der Waals surface area (Å²) in [7, 11) is 0. The third-order valence-corrected chi connectivity index (χ3v) is 4.68. The van der Waals surface area contributed by atoms with Crippen LogP contribution in [-0.4, -0.2) is 34.8 Å². The van der Waals surface area contributed by atoms with Gasteiger partial charge in [0.15, 0.2) is 0 Å². The van der Waals surface area contributed by atoms with E-state index >= 15 is 0 Å². The molecule has 0 bridgehead atoms. The number of fused-ring (bicyclic) bond motifs is 1. The first-order valence-corrected chi connectivity index (χ1v) is 8.09. The van der Waals surface area contributed by atoms with Gasteiger partial charge < -0.3 is 10.2 Å². The van der Waals surface area contributed by atoms with Gasteiger partial charge in [-0.25, -0.2) is 4.98 Å². The molecule has 2 aromatic rings. The molecule has 1 aliphatic rings. The summed E-state index contributed by atoms with van der Waals surface area (Å²) in [6.45, 7) is 2.56. The number of thiazole rings is 1. The van der Waals surface area contributed by atoms with Gasteiger partial charge in [0, 0.05) is 23.7 Å². The molecule has 114 valence electrons. The van der Waals surface area contributed by atoms with E-state index in [0.717, 1.165) is 17.0 Å². The second-order valence-electron chi connectivity index (χ2n) is 5.29. The van der Waals surface area contributed by atoms with Crippen molar-refractivity contribution in [1.29, 1.82) is 0 Å². The number of hydrogen-bond acceptors (Lipinski definition) is 4. The molecule has 1 aromatic carbocycles. The molecule has 0 unspecified atom stereocenters. The number of nitrogens with one attached hydrogen (secondary N) is 1. The highest BCUT2D eigenvalue weighted by Gasteiger charge is 2.25. The second-order valence-corrected chi connectivity index (χ2v) is 6.22. The van der Waals surface area contributed by atoms with E-state index in [0.29, 0.717) is 12.1 Å². The quantitative estimate of drug-likeness (QED) is 0.939. The van der Waals surface area contributed by atoms with Crippen molar-refractivity contribution in [1.82, 2.24) is 15.2 Å². The van der Waals surface area contributed by atoms with Crippen LogP contribution in [0.1, 0.15) is 33.9 Å². The molecule has 2 heterocycles. The van der Waals surface area contributed by atoms with Crippen molar-refractivity contribution in [2.75, 3.05) is 13.1 Å². The lowest BCUT2D eigenvalue weighted by molar-refractivity contribution is -0.122. The van der Waals surface area contributed by atoms with Crippen LogP contribution in [0.25, 0.3) is 0 Å². The Kier molecular flexibility index (Phi) is 4.20. The van der Waals surface area contributed by atoms with E-state index in [2.05, 4.69) is 10.3 Å². The van der Waals surface area contributed by atoms with E-state index in [1.54, 1.807) is 11.1 Å². The number of hydrogen-bond donors (Lipinski definition) is 1. The minimum atomic E-state index is -0.157. The van der Waals surface area contributed by atoms with Gasteiger partial charge in [0.05, 0.1) is 12.6 Å². The van der Waals surface area contributed by atoms with Crippen LogP contribution in [0.4, 0.5) is 0 Å². The van der Waals surface area contributed by atoms with E-state index in [9.17, 15) is 9.59 Å². The average Bonchev–Trinajstić information content (AvgIpc) is 3.05. The Morgan fingerprint density at radius 3 is 3.05 bits per heavy atom. The van der Waals surface area contributed by atoms with Gasteiger partial charge in [-0.3, -0.25) is 9.59 Å². The number of rotatable bonds is 4. The average molecular weight is 315 g/mol. The van der Waals surface area contributed by atoms with E-state index in [-0.39, 0.29) is 24.4 Å². The smallest absolute Gasteiger partial charge is 0.254 e. The zero-order valence-electron chi connectivity index (χ0n) is 12.3. The highest BCUT2D eigenvalue weighted by molar-refractivity contribution is 7.09. The Hall–Kier alpha value is -2.21. The topological polar surface area (TPSA) is 62.3 Å². The van der Waals surface area contributed by atoms with E-state index in [4.69, 9.17) is 0 Å². The molecule has 1 atom stereocenters. The predicted molar refractivity (Wildman–Crippen MR) is 84.7 cm³/mol. The zero-order valence-corrected chi connectivity index (χ0v) is 13.1. The van der Waals surface area contributed by atoms with Crippen LogP contribution in [0.5, 0.6) is 0 Å². The number of aromatic nitrogens is 1. The summed E-state index contributed by atoms with van der Waals surface area (Å²) in [6, 6.07) is 7.43. The van der Waals surface area contributed by atoms with Crippen molar-refractivity contribution < 1.29 is 9.59 Å². The van der Waals surface area contributed by atoms with E-state index < -0.39 is 0 Å². The maximum absolute atomic E-state index is 12.4. The number of nitrogens with zero attached hydrogens (tertiary/aromatic N) is 2. The minimum Gasteiger partial charge on any atom is -0.346 e. The molecule has 0 spiro atoms. The normalized spacial score (nSPS) is 15.3. The number of carbonyl (C=O) groups is 2. The summed E-state index contributed by atoms with van der Waals surface area (Å²) < 4.78 is 0. The fraction of sp³-hybridized carbons (Fsp3) is 0.312. The molecule has 1 aliphatic heterocycles. The molecule has 3 rings (SSSR count). The van der Waals surface area contributed by atoms with Crippen molar-refractivity contribution in [2.45, 2.75) is 19.4 Å². The Balaban J connectivity index is 1.62. The van der Waals surface area contributed by atoms with Crippen LogP contribution in [-0.2, 0) is 11.2 Å². The molecule has 0 saturated heterocycles. The summed E-state index contributed by atoms with van der Waals surface area (Å²) in [6.07, 6.45) is 2.50. The monoisotopic (exact) mass is 315 g/mol. The summed E-state index contributed by atoms with van der Waals surface area (Å²) >= 11 is 1.50. The van der Waals surface area contributed by atoms with Crippen molar-refractivity contribution in [3.63, 3.8) is 0 Å². The van der Waals surface area contributed by atoms with Crippen molar-refractivity contribution in [3.05, 3.63) is 52.0 Å². The number of carbonyl (C=O) groups excluding carboxylic acids is 2. The first-order chi connectivity index (χ1) is 10.6. The summed E-state index contributed by atoms with van der Waals surface area (Å²) in [5, 5.41) is 5.63.